The second-order valence-corrected chi connectivity index (χ2v) is 6.34. The molecule has 0 radical (unpaired) electrons. The first-order valence-corrected chi connectivity index (χ1v) is 6.61. The molecule has 0 aromatic rings. The number of hydrogen-bond acceptors (Lipinski definition) is 2. The number of fused-ring (bicyclic) bond motifs is 2. The fourth-order valence-electron chi connectivity index (χ4n) is 3.73. The Morgan fingerprint density at radius 1 is 1.38 bits per heavy atom. The van der Waals surface area contributed by atoms with Gasteiger partial charge in [0.1, 0.15) is 6.10 Å². The van der Waals surface area contributed by atoms with Crippen LogP contribution in [0.4, 0.5) is 0 Å². The zero-order valence-electron chi connectivity index (χ0n) is 11.0. The van der Waals surface area contributed by atoms with Crippen molar-refractivity contribution in [1.29, 1.82) is 0 Å². The van der Waals surface area contributed by atoms with Crippen LogP contribution in [-0.2, 0) is 9.53 Å². The van der Waals surface area contributed by atoms with E-state index in [2.05, 4.69) is 20.8 Å². The molecule has 2 heteroatoms. The van der Waals surface area contributed by atoms with E-state index in [1.807, 2.05) is 6.92 Å². The summed E-state index contributed by atoms with van der Waals surface area (Å²) in [7, 11) is 0. The third-order valence-electron chi connectivity index (χ3n) is 5.44. The maximum atomic E-state index is 11.6. The van der Waals surface area contributed by atoms with E-state index < -0.39 is 0 Å². The maximum Gasteiger partial charge on any atom is 0.306 e. The standard InChI is InChI=1S/C14H24O2/c1-5-6-12(15)16-11-9-10-7-8-14(11,4)13(10,2)3/h10-11H,5-9H2,1-4H3/t10-,11+,14-/m0/s1. The Morgan fingerprint density at radius 2 is 2.06 bits per heavy atom. The molecule has 2 fully saturated rings. The first-order chi connectivity index (χ1) is 7.41. The van der Waals surface area contributed by atoms with Crippen LogP contribution in [0, 0.1) is 16.7 Å². The van der Waals surface area contributed by atoms with Crippen molar-refractivity contribution in [2.24, 2.45) is 16.7 Å². The van der Waals surface area contributed by atoms with E-state index in [0.717, 1.165) is 18.8 Å². The largest absolute Gasteiger partial charge is 0.462 e. The van der Waals surface area contributed by atoms with Gasteiger partial charge < -0.3 is 4.74 Å². The predicted molar refractivity (Wildman–Crippen MR) is 64.0 cm³/mol. The fraction of sp³-hybridized carbons (Fsp3) is 0.929. The molecule has 0 aromatic heterocycles. The van der Waals surface area contributed by atoms with Crippen LogP contribution in [0.3, 0.4) is 0 Å². The number of ether oxygens (including phenoxy) is 1. The average Bonchev–Trinajstić information content (AvgIpc) is 2.51. The van der Waals surface area contributed by atoms with E-state index in [1.54, 1.807) is 0 Å². The summed E-state index contributed by atoms with van der Waals surface area (Å²) in [5, 5.41) is 0. The first-order valence-electron chi connectivity index (χ1n) is 6.61. The van der Waals surface area contributed by atoms with Crippen molar-refractivity contribution in [2.75, 3.05) is 0 Å². The summed E-state index contributed by atoms with van der Waals surface area (Å²) in [6.45, 7) is 9.02. The van der Waals surface area contributed by atoms with Crippen LogP contribution < -0.4 is 0 Å². The van der Waals surface area contributed by atoms with Crippen molar-refractivity contribution in [2.45, 2.75) is 65.9 Å². The van der Waals surface area contributed by atoms with Gasteiger partial charge in [0.2, 0.25) is 0 Å². The van der Waals surface area contributed by atoms with Gasteiger partial charge in [0.15, 0.2) is 0 Å². The average molecular weight is 224 g/mol. The normalized spacial score (nSPS) is 40.0. The molecule has 2 bridgehead atoms. The van der Waals surface area contributed by atoms with E-state index >= 15 is 0 Å². The van der Waals surface area contributed by atoms with Gasteiger partial charge in [0.25, 0.3) is 0 Å². The molecule has 0 unspecified atom stereocenters. The summed E-state index contributed by atoms with van der Waals surface area (Å²) in [6, 6.07) is 0. The highest BCUT2D eigenvalue weighted by atomic mass is 16.5. The Balaban J connectivity index is 2.07. The van der Waals surface area contributed by atoms with Crippen LogP contribution in [0.1, 0.15) is 59.8 Å². The number of carbonyl (C=O) groups excluding carboxylic acids is 1. The Labute approximate surface area is 98.7 Å². The minimum absolute atomic E-state index is 0.00271. The van der Waals surface area contributed by atoms with Gasteiger partial charge >= 0.3 is 5.97 Å². The maximum absolute atomic E-state index is 11.6. The lowest BCUT2D eigenvalue weighted by Crippen LogP contribution is -2.38. The molecule has 92 valence electrons. The lowest BCUT2D eigenvalue weighted by Gasteiger charge is -2.38. The summed E-state index contributed by atoms with van der Waals surface area (Å²) in [4.78, 5) is 11.6. The van der Waals surface area contributed by atoms with Gasteiger partial charge in [0, 0.05) is 11.8 Å². The van der Waals surface area contributed by atoms with Crippen LogP contribution in [0.2, 0.25) is 0 Å². The lowest BCUT2D eigenvalue weighted by molar-refractivity contribution is -0.156. The quantitative estimate of drug-likeness (QED) is 0.685. The number of esters is 1. The molecule has 0 aromatic carbocycles. The monoisotopic (exact) mass is 224 g/mol. The summed E-state index contributed by atoms with van der Waals surface area (Å²) in [5.41, 5.74) is 0.547. The molecule has 2 rings (SSSR count). The fourth-order valence-corrected chi connectivity index (χ4v) is 3.73. The van der Waals surface area contributed by atoms with E-state index in [1.165, 1.54) is 12.8 Å². The zero-order valence-corrected chi connectivity index (χ0v) is 11.0. The van der Waals surface area contributed by atoms with E-state index in [0.29, 0.717) is 11.8 Å². The van der Waals surface area contributed by atoms with Gasteiger partial charge in [-0.2, -0.15) is 0 Å². The molecule has 0 amide bonds. The highest BCUT2D eigenvalue weighted by Crippen LogP contribution is 2.66. The minimum atomic E-state index is -0.00271. The molecule has 2 aliphatic carbocycles. The Kier molecular flexibility index (Phi) is 2.80. The second kappa shape index (κ2) is 3.75. The molecule has 16 heavy (non-hydrogen) atoms. The van der Waals surface area contributed by atoms with Crippen molar-refractivity contribution in [3.05, 3.63) is 0 Å². The van der Waals surface area contributed by atoms with Crippen molar-refractivity contribution in [1.82, 2.24) is 0 Å². The molecule has 0 spiro atoms. The van der Waals surface area contributed by atoms with Crippen molar-refractivity contribution in [3.8, 4) is 0 Å². The van der Waals surface area contributed by atoms with Gasteiger partial charge in [0.05, 0.1) is 0 Å². The number of carbonyl (C=O) groups is 1. The lowest BCUT2D eigenvalue weighted by atomic mass is 9.70. The molecular weight excluding hydrogens is 200 g/mol. The highest BCUT2D eigenvalue weighted by Gasteiger charge is 2.62. The van der Waals surface area contributed by atoms with Gasteiger partial charge in [-0.1, -0.05) is 27.7 Å². The van der Waals surface area contributed by atoms with E-state index in [-0.39, 0.29) is 17.5 Å². The third kappa shape index (κ3) is 1.49. The molecule has 0 N–H and O–H groups in total. The van der Waals surface area contributed by atoms with Crippen LogP contribution in [-0.4, -0.2) is 12.1 Å². The van der Waals surface area contributed by atoms with Crippen LogP contribution in [0.5, 0.6) is 0 Å². The molecule has 0 aliphatic heterocycles. The van der Waals surface area contributed by atoms with E-state index in [4.69, 9.17) is 4.74 Å². The summed E-state index contributed by atoms with van der Waals surface area (Å²) in [6.07, 6.45) is 5.23. The number of rotatable bonds is 3. The summed E-state index contributed by atoms with van der Waals surface area (Å²) in [5.74, 6) is 0.744. The zero-order chi connectivity index (χ0) is 12.0. The van der Waals surface area contributed by atoms with Gasteiger partial charge in [-0.05, 0) is 37.0 Å². The smallest absolute Gasteiger partial charge is 0.306 e. The summed E-state index contributed by atoms with van der Waals surface area (Å²) >= 11 is 0. The SMILES string of the molecule is CCCC(=O)O[C@@H]1C[C@@H]2CC[C@]1(C)C2(C)C. The first kappa shape index (κ1) is 11.9. The number of hydrogen-bond donors (Lipinski definition) is 0. The van der Waals surface area contributed by atoms with Gasteiger partial charge in [-0.15, -0.1) is 0 Å². The van der Waals surface area contributed by atoms with Gasteiger partial charge in [-0.25, -0.2) is 0 Å². The molecular formula is C14H24O2. The van der Waals surface area contributed by atoms with Crippen LogP contribution in [0.25, 0.3) is 0 Å². The molecule has 0 saturated heterocycles. The van der Waals surface area contributed by atoms with Gasteiger partial charge in [-0.3, -0.25) is 4.79 Å². The van der Waals surface area contributed by atoms with Crippen molar-refractivity contribution < 1.29 is 9.53 Å². The van der Waals surface area contributed by atoms with Crippen LogP contribution >= 0.6 is 0 Å². The second-order valence-electron chi connectivity index (χ2n) is 6.34. The van der Waals surface area contributed by atoms with Crippen molar-refractivity contribution >= 4 is 5.97 Å². The van der Waals surface area contributed by atoms with E-state index in [9.17, 15) is 4.79 Å². The van der Waals surface area contributed by atoms with Crippen LogP contribution in [0.15, 0.2) is 0 Å². The molecule has 3 atom stereocenters. The molecule has 2 nitrogen and oxygen atoms in total. The Hall–Kier alpha value is -0.530. The van der Waals surface area contributed by atoms with Crippen molar-refractivity contribution in [3.63, 3.8) is 0 Å². The third-order valence-corrected chi connectivity index (χ3v) is 5.44. The molecule has 2 aliphatic rings. The predicted octanol–water partition coefficient (Wildman–Crippen LogP) is 3.54. The Morgan fingerprint density at radius 3 is 2.50 bits per heavy atom. The molecule has 2 saturated carbocycles. The highest BCUT2D eigenvalue weighted by molar-refractivity contribution is 5.69. The minimum Gasteiger partial charge on any atom is -0.462 e. The summed E-state index contributed by atoms with van der Waals surface area (Å²) < 4.78 is 5.69. The molecule has 0 heterocycles. The topological polar surface area (TPSA) is 26.3 Å². The Bertz CT molecular complexity index is 295.